The van der Waals surface area contributed by atoms with Gasteiger partial charge in [0.2, 0.25) is 0 Å². The molecule has 1 amide bonds. The molecule has 5 nitrogen and oxygen atoms in total. The summed E-state index contributed by atoms with van der Waals surface area (Å²) < 4.78 is 1.06. The first-order chi connectivity index (χ1) is 12.7. The number of anilines is 2. The van der Waals surface area contributed by atoms with Gasteiger partial charge in [0, 0.05) is 35.7 Å². The van der Waals surface area contributed by atoms with Gasteiger partial charge in [-0.3, -0.25) is 4.79 Å². The van der Waals surface area contributed by atoms with E-state index in [4.69, 9.17) is 0 Å². The maximum atomic E-state index is 12.4. The van der Waals surface area contributed by atoms with Crippen molar-refractivity contribution in [3.05, 3.63) is 72.4 Å². The molecule has 0 spiro atoms. The molecule has 0 aliphatic rings. The molecule has 0 fully saturated rings. The van der Waals surface area contributed by atoms with Gasteiger partial charge in [0.25, 0.3) is 5.91 Å². The smallest absolute Gasteiger partial charge is 0.255 e. The normalized spacial score (nSPS) is 10.7. The zero-order chi connectivity index (χ0) is 17.9. The Balaban J connectivity index is 1.53. The van der Waals surface area contributed by atoms with E-state index in [-0.39, 0.29) is 5.91 Å². The third-order valence-electron chi connectivity index (χ3n) is 3.97. The lowest BCUT2D eigenvalue weighted by Crippen LogP contribution is -2.11. The van der Waals surface area contributed by atoms with E-state index in [0.717, 1.165) is 32.3 Å². The van der Waals surface area contributed by atoms with E-state index in [1.807, 2.05) is 61.6 Å². The lowest BCUT2D eigenvalue weighted by molar-refractivity contribution is 0.102. The number of aromatic nitrogens is 2. The van der Waals surface area contributed by atoms with Crippen LogP contribution in [0.25, 0.3) is 20.9 Å². The second-order valence-corrected chi connectivity index (χ2v) is 6.74. The molecule has 0 saturated carbocycles. The summed E-state index contributed by atoms with van der Waals surface area (Å²) in [7, 11) is 1.83. The molecule has 26 heavy (non-hydrogen) atoms. The molecule has 2 aromatic carbocycles. The minimum atomic E-state index is -0.140. The first-order valence-corrected chi connectivity index (χ1v) is 8.96. The largest absolute Gasteiger partial charge is 0.388 e. The number of hydrogen-bond acceptors (Lipinski definition) is 5. The monoisotopic (exact) mass is 360 g/mol. The zero-order valence-electron chi connectivity index (χ0n) is 14.1. The molecule has 0 aliphatic carbocycles. The Hall–Kier alpha value is -3.25. The van der Waals surface area contributed by atoms with Gasteiger partial charge in [0.05, 0.1) is 4.70 Å². The fraction of sp³-hybridized carbons (Fsp3) is 0.0500. The van der Waals surface area contributed by atoms with E-state index >= 15 is 0 Å². The second-order valence-electron chi connectivity index (χ2n) is 5.71. The Morgan fingerprint density at radius 3 is 2.62 bits per heavy atom. The van der Waals surface area contributed by atoms with Crippen molar-refractivity contribution in [1.29, 1.82) is 0 Å². The Morgan fingerprint density at radius 1 is 1.00 bits per heavy atom. The fourth-order valence-corrected chi connectivity index (χ4v) is 3.54. The van der Waals surface area contributed by atoms with Crippen molar-refractivity contribution < 1.29 is 4.79 Å². The summed E-state index contributed by atoms with van der Waals surface area (Å²) >= 11 is 1.60. The quantitative estimate of drug-likeness (QED) is 0.556. The number of nitrogens with one attached hydrogen (secondary N) is 2. The molecule has 4 rings (SSSR count). The van der Waals surface area contributed by atoms with Gasteiger partial charge < -0.3 is 10.6 Å². The molecule has 2 aromatic heterocycles. The molecule has 0 unspecified atom stereocenters. The molecular weight excluding hydrogens is 344 g/mol. The summed E-state index contributed by atoms with van der Waals surface area (Å²) in [6.07, 6.45) is 1.74. The van der Waals surface area contributed by atoms with Crippen LogP contribution in [0.4, 0.5) is 11.4 Å². The van der Waals surface area contributed by atoms with Crippen LogP contribution in [0.15, 0.2) is 66.9 Å². The maximum absolute atomic E-state index is 12.4. The molecule has 128 valence electrons. The van der Waals surface area contributed by atoms with Crippen LogP contribution >= 0.6 is 11.3 Å². The molecule has 2 heterocycles. The molecular formula is C20H16N4OS. The Labute approximate surface area is 154 Å². The van der Waals surface area contributed by atoms with E-state index in [9.17, 15) is 4.79 Å². The minimum absolute atomic E-state index is 0.140. The number of carbonyl (C=O) groups excluding carboxylic acids is 1. The zero-order valence-corrected chi connectivity index (χ0v) is 14.9. The van der Waals surface area contributed by atoms with Crippen LogP contribution in [0.1, 0.15) is 10.4 Å². The van der Waals surface area contributed by atoms with Gasteiger partial charge in [-0.15, -0.1) is 11.3 Å². The number of pyridine rings is 1. The first kappa shape index (κ1) is 16.2. The summed E-state index contributed by atoms with van der Waals surface area (Å²) in [5.41, 5.74) is 4.01. The van der Waals surface area contributed by atoms with Gasteiger partial charge >= 0.3 is 0 Å². The van der Waals surface area contributed by atoms with E-state index < -0.39 is 0 Å². The second kappa shape index (κ2) is 6.93. The van der Waals surface area contributed by atoms with Gasteiger partial charge in [-0.1, -0.05) is 6.07 Å². The van der Waals surface area contributed by atoms with E-state index in [0.29, 0.717) is 5.56 Å². The van der Waals surface area contributed by atoms with Crippen LogP contribution in [0.3, 0.4) is 0 Å². The van der Waals surface area contributed by atoms with Gasteiger partial charge in [-0.25, -0.2) is 9.97 Å². The van der Waals surface area contributed by atoms with Gasteiger partial charge in [-0.2, -0.15) is 0 Å². The molecule has 6 heteroatoms. The molecule has 4 aromatic rings. The van der Waals surface area contributed by atoms with Crippen molar-refractivity contribution >= 4 is 39.0 Å². The molecule has 0 atom stereocenters. The molecule has 0 aliphatic heterocycles. The van der Waals surface area contributed by atoms with Crippen molar-refractivity contribution in [3.63, 3.8) is 0 Å². The Kier molecular flexibility index (Phi) is 4.33. The summed E-state index contributed by atoms with van der Waals surface area (Å²) in [4.78, 5) is 21.2. The van der Waals surface area contributed by atoms with Gasteiger partial charge in [0.1, 0.15) is 5.01 Å². The number of fused-ring (bicyclic) bond motifs is 1. The van der Waals surface area contributed by atoms with Gasteiger partial charge in [0.15, 0.2) is 5.65 Å². The van der Waals surface area contributed by atoms with Gasteiger partial charge in [-0.05, 0) is 54.6 Å². The Bertz CT molecular complexity index is 1040. The number of amides is 1. The van der Waals surface area contributed by atoms with E-state index in [1.165, 1.54) is 0 Å². The summed E-state index contributed by atoms with van der Waals surface area (Å²) in [6.45, 7) is 0. The topological polar surface area (TPSA) is 66.9 Å². The van der Waals surface area contributed by atoms with Crippen LogP contribution in [-0.4, -0.2) is 22.9 Å². The molecule has 2 N–H and O–H groups in total. The average molecular weight is 360 g/mol. The number of thiazole rings is 1. The Morgan fingerprint density at radius 2 is 1.85 bits per heavy atom. The fourth-order valence-electron chi connectivity index (χ4n) is 2.61. The number of carbonyl (C=O) groups is 1. The molecule has 0 radical (unpaired) electrons. The standard InChI is InChI=1S/C20H16N4OS/c1-21-16-5-2-4-14(12-16)19(25)23-15-9-7-13(8-10-15)20-24-18-17(26-20)6-3-11-22-18/h2-12,21H,1H3,(H,23,25). The molecule has 0 saturated heterocycles. The van der Waals surface area contributed by atoms with Crippen molar-refractivity contribution in [3.8, 4) is 10.6 Å². The maximum Gasteiger partial charge on any atom is 0.255 e. The predicted molar refractivity (Wildman–Crippen MR) is 107 cm³/mol. The summed E-state index contributed by atoms with van der Waals surface area (Å²) in [6, 6.07) is 19.0. The number of rotatable bonds is 4. The van der Waals surface area contributed by atoms with Crippen LogP contribution in [0, 0.1) is 0 Å². The highest BCUT2D eigenvalue weighted by Crippen LogP contribution is 2.29. The number of hydrogen-bond donors (Lipinski definition) is 2. The first-order valence-electron chi connectivity index (χ1n) is 8.14. The third kappa shape index (κ3) is 3.27. The van der Waals surface area contributed by atoms with E-state index in [2.05, 4.69) is 20.6 Å². The van der Waals surface area contributed by atoms with Crippen LogP contribution in [0.5, 0.6) is 0 Å². The third-order valence-corrected chi connectivity index (χ3v) is 5.03. The highest BCUT2D eigenvalue weighted by atomic mass is 32.1. The van der Waals surface area contributed by atoms with Crippen LogP contribution in [0.2, 0.25) is 0 Å². The number of benzene rings is 2. The molecule has 0 bridgehead atoms. The van der Waals surface area contributed by atoms with Crippen LogP contribution < -0.4 is 10.6 Å². The minimum Gasteiger partial charge on any atom is -0.388 e. The van der Waals surface area contributed by atoms with E-state index in [1.54, 1.807) is 23.6 Å². The van der Waals surface area contributed by atoms with Crippen LogP contribution in [-0.2, 0) is 0 Å². The lowest BCUT2D eigenvalue weighted by Gasteiger charge is -2.07. The summed E-state index contributed by atoms with van der Waals surface area (Å²) in [5.74, 6) is -0.140. The predicted octanol–water partition coefficient (Wildman–Crippen LogP) is 4.65. The lowest BCUT2D eigenvalue weighted by atomic mass is 10.1. The van der Waals surface area contributed by atoms with Crippen molar-refractivity contribution in [2.75, 3.05) is 17.7 Å². The van der Waals surface area contributed by atoms with Crippen molar-refractivity contribution in [1.82, 2.24) is 9.97 Å². The highest BCUT2D eigenvalue weighted by molar-refractivity contribution is 7.21. The average Bonchev–Trinajstić information content (AvgIpc) is 3.13. The summed E-state index contributed by atoms with van der Waals surface area (Å²) in [5, 5.41) is 6.87. The van der Waals surface area contributed by atoms with Crippen molar-refractivity contribution in [2.24, 2.45) is 0 Å². The highest BCUT2D eigenvalue weighted by Gasteiger charge is 2.09. The number of nitrogens with zero attached hydrogens (tertiary/aromatic N) is 2. The van der Waals surface area contributed by atoms with Crippen molar-refractivity contribution in [2.45, 2.75) is 0 Å². The SMILES string of the molecule is CNc1cccc(C(=O)Nc2ccc(-c3nc4ncccc4s3)cc2)c1.